The Morgan fingerprint density at radius 2 is 1.69 bits per heavy atom. The van der Waals surface area contributed by atoms with Crippen LogP contribution in [0.2, 0.25) is 0 Å². The van der Waals surface area contributed by atoms with Crippen molar-refractivity contribution >= 4 is 17.5 Å². The number of anilines is 1. The van der Waals surface area contributed by atoms with E-state index in [0.29, 0.717) is 24.5 Å². The van der Waals surface area contributed by atoms with E-state index in [1.165, 1.54) is 0 Å². The van der Waals surface area contributed by atoms with E-state index in [4.69, 9.17) is 9.84 Å². The Morgan fingerprint density at radius 3 is 2.33 bits per heavy atom. The summed E-state index contributed by atoms with van der Waals surface area (Å²) in [6.07, 6.45) is 0. The summed E-state index contributed by atoms with van der Waals surface area (Å²) in [5, 5.41) is 7.80. The molecule has 3 aromatic carbocycles. The van der Waals surface area contributed by atoms with Crippen LogP contribution in [-0.2, 0) is 24.4 Å². The highest BCUT2D eigenvalue weighted by atomic mass is 16.5. The molecule has 1 aliphatic rings. The van der Waals surface area contributed by atoms with Gasteiger partial charge in [0.15, 0.2) is 0 Å². The van der Waals surface area contributed by atoms with Gasteiger partial charge in [-0.05, 0) is 60.5 Å². The van der Waals surface area contributed by atoms with Gasteiger partial charge in [0, 0.05) is 38.4 Å². The average Bonchev–Trinajstić information content (AvgIpc) is 3.38. The van der Waals surface area contributed by atoms with Crippen LogP contribution in [-0.4, -0.2) is 53.2 Å². The molecule has 8 nitrogen and oxygen atoms in total. The fraction of sp³-hybridized carbons (Fsp3) is 0.258. The first kappa shape index (κ1) is 26.0. The summed E-state index contributed by atoms with van der Waals surface area (Å²) in [5.41, 5.74) is 3.84. The number of ether oxygens (including phenoxy) is 1. The predicted octanol–water partition coefficient (Wildman–Crippen LogP) is 4.36. The van der Waals surface area contributed by atoms with Crippen molar-refractivity contribution < 1.29 is 14.3 Å². The molecule has 0 radical (unpaired) electrons. The number of rotatable bonds is 8. The molecule has 1 atom stereocenters. The summed E-state index contributed by atoms with van der Waals surface area (Å²) in [5.74, 6) is 0.284. The lowest BCUT2D eigenvalue weighted by atomic mass is 9.94. The summed E-state index contributed by atoms with van der Waals surface area (Å²) >= 11 is 0. The van der Waals surface area contributed by atoms with Gasteiger partial charge in [-0.2, -0.15) is 5.10 Å². The van der Waals surface area contributed by atoms with E-state index in [2.05, 4.69) is 5.32 Å². The summed E-state index contributed by atoms with van der Waals surface area (Å²) < 4.78 is 6.93. The molecule has 0 fully saturated rings. The van der Waals surface area contributed by atoms with Crippen LogP contribution in [0.15, 0.2) is 84.9 Å². The number of carbonyl (C=O) groups excluding carboxylic acids is 2. The molecule has 4 aromatic rings. The number of benzene rings is 3. The van der Waals surface area contributed by atoms with Gasteiger partial charge in [-0.3, -0.25) is 14.3 Å². The van der Waals surface area contributed by atoms with Gasteiger partial charge in [-0.1, -0.05) is 42.5 Å². The maximum atomic E-state index is 14.0. The quantitative estimate of drug-likeness (QED) is 0.371. The van der Waals surface area contributed by atoms with E-state index in [1.807, 2.05) is 105 Å². The van der Waals surface area contributed by atoms with E-state index in [0.717, 1.165) is 28.1 Å². The van der Waals surface area contributed by atoms with Gasteiger partial charge in [0.05, 0.1) is 19.3 Å². The Hall–Kier alpha value is -4.59. The number of nitrogens with zero attached hydrogens (tertiary/aromatic N) is 4. The third kappa shape index (κ3) is 5.23. The molecule has 0 aliphatic carbocycles. The first-order chi connectivity index (χ1) is 18.8. The number of aromatic nitrogens is 2. The highest BCUT2D eigenvalue weighted by molar-refractivity contribution is 6.00. The molecule has 0 spiro atoms. The molecule has 8 heteroatoms. The van der Waals surface area contributed by atoms with Gasteiger partial charge in [0.25, 0.3) is 5.91 Å². The molecule has 1 N–H and O–H groups in total. The van der Waals surface area contributed by atoms with Gasteiger partial charge < -0.3 is 19.9 Å². The van der Waals surface area contributed by atoms with E-state index in [1.54, 1.807) is 22.8 Å². The van der Waals surface area contributed by atoms with E-state index < -0.39 is 5.54 Å². The zero-order valence-corrected chi connectivity index (χ0v) is 22.7. The Kier molecular flexibility index (Phi) is 7.11. The fourth-order valence-corrected chi connectivity index (χ4v) is 4.84. The van der Waals surface area contributed by atoms with Crippen molar-refractivity contribution in [2.75, 3.05) is 26.1 Å². The lowest BCUT2D eigenvalue weighted by Crippen LogP contribution is -2.63. The average molecular weight is 524 g/mol. The van der Waals surface area contributed by atoms with Crippen LogP contribution in [0.5, 0.6) is 5.75 Å². The number of amides is 2. The van der Waals surface area contributed by atoms with Crippen LogP contribution >= 0.6 is 0 Å². The first-order valence-corrected chi connectivity index (χ1v) is 12.9. The molecule has 0 saturated carbocycles. The smallest absolute Gasteiger partial charge is 0.273 e. The third-order valence-corrected chi connectivity index (χ3v) is 7.26. The van der Waals surface area contributed by atoms with E-state index in [9.17, 15) is 9.59 Å². The second kappa shape index (κ2) is 10.6. The van der Waals surface area contributed by atoms with Crippen LogP contribution in [0.4, 0.5) is 5.69 Å². The van der Waals surface area contributed by atoms with Crippen LogP contribution in [0.3, 0.4) is 0 Å². The summed E-state index contributed by atoms with van der Waals surface area (Å²) in [4.78, 5) is 31.5. The molecular formula is C31H33N5O3. The van der Waals surface area contributed by atoms with E-state index in [-0.39, 0.29) is 18.4 Å². The van der Waals surface area contributed by atoms with Gasteiger partial charge in [-0.25, -0.2) is 0 Å². The highest BCUT2D eigenvalue weighted by Crippen LogP contribution is 2.32. The Bertz CT molecular complexity index is 1460. The van der Waals surface area contributed by atoms with Crippen LogP contribution in [0.1, 0.15) is 28.5 Å². The lowest BCUT2D eigenvalue weighted by Gasteiger charge is -2.43. The maximum Gasteiger partial charge on any atom is 0.273 e. The molecule has 0 saturated heterocycles. The first-order valence-electron chi connectivity index (χ1n) is 12.9. The molecule has 200 valence electrons. The molecule has 5 rings (SSSR count). The normalized spacial score (nSPS) is 16.5. The lowest BCUT2D eigenvalue weighted by molar-refractivity contribution is -0.133. The highest BCUT2D eigenvalue weighted by Gasteiger charge is 2.48. The zero-order valence-electron chi connectivity index (χ0n) is 22.7. The summed E-state index contributed by atoms with van der Waals surface area (Å²) in [6, 6.07) is 27.1. The number of methoxy groups -OCH3 is 1. The standard InChI is InChI=1S/C31H33N5O3/c1-31(30(38)32-19-22-8-6-5-7-9-22)21-36-28(18-27(33-36)24-12-16-26(39-4)17-13-24)29(37)35(31)20-23-10-14-25(15-11-23)34(2)3/h5-18H,19-21H2,1-4H3,(H,32,38)/t31-/m1/s1. The number of hydrogen-bond donors (Lipinski definition) is 1. The second-order valence-electron chi connectivity index (χ2n) is 10.2. The van der Waals surface area contributed by atoms with Gasteiger partial charge in [-0.15, -0.1) is 0 Å². The minimum atomic E-state index is -1.15. The van der Waals surface area contributed by atoms with Crippen molar-refractivity contribution in [2.45, 2.75) is 32.1 Å². The predicted molar refractivity (Wildman–Crippen MR) is 152 cm³/mol. The third-order valence-electron chi connectivity index (χ3n) is 7.26. The molecule has 2 amide bonds. The molecule has 0 bridgehead atoms. The van der Waals surface area contributed by atoms with Crippen molar-refractivity contribution in [1.29, 1.82) is 0 Å². The van der Waals surface area contributed by atoms with E-state index >= 15 is 0 Å². The second-order valence-corrected chi connectivity index (χ2v) is 10.2. The summed E-state index contributed by atoms with van der Waals surface area (Å²) in [6.45, 7) is 2.72. The van der Waals surface area contributed by atoms with Crippen molar-refractivity contribution in [1.82, 2.24) is 20.0 Å². The minimum absolute atomic E-state index is 0.225. The summed E-state index contributed by atoms with van der Waals surface area (Å²) in [7, 11) is 5.59. The largest absolute Gasteiger partial charge is 0.497 e. The monoisotopic (exact) mass is 523 g/mol. The van der Waals surface area contributed by atoms with Crippen LogP contribution in [0, 0.1) is 0 Å². The number of carbonyl (C=O) groups is 2. The maximum absolute atomic E-state index is 14.0. The molecule has 2 heterocycles. The topological polar surface area (TPSA) is 79.7 Å². The molecular weight excluding hydrogens is 490 g/mol. The molecule has 1 aromatic heterocycles. The number of nitrogens with one attached hydrogen (secondary N) is 1. The van der Waals surface area contributed by atoms with Crippen molar-refractivity contribution in [2.24, 2.45) is 0 Å². The van der Waals surface area contributed by atoms with Crippen LogP contribution in [0.25, 0.3) is 11.3 Å². The van der Waals surface area contributed by atoms with Crippen molar-refractivity contribution in [3.8, 4) is 17.0 Å². The van der Waals surface area contributed by atoms with Crippen LogP contribution < -0.4 is 15.0 Å². The molecule has 0 unspecified atom stereocenters. The van der Waals surface area contributed by atoms with Gasteiger partial charge in [0.2, 0.25) is 5.91 Å². The Balaban J connectivity index is 1.48. The fourth-order valence-electron chi connectivity index (χ4n) is 4.84. The SMILES string of the molecule is COc1ccc(-c2cc3n(n2)C[C@](C)(C(=O)NCc2ccccc2)N(Cc2ccc(N(C)C)cc2)C3=O)cc1. The van der Waals surface area contributed by atoms with Crippen molar-refractivity contribution in [3.05, 3.63) is 102 Å². The van der Waals surface area contributed by atoms with Crippen molar-refractivity contribution in [3.63, 3.8) is 0 Å². The van der Waals surface area contributed by atoms with Gasteiger partial charge in [0.1, 0.15) is 17.0 Å². The minimum Gasteiger partial charge on any atom is -0.497 e. The molecule has 39 heavy (non-hydrogen) atoms. The number of fused-ring (bicyclic) bond motifs is 1. The molecule has 1 aliphatic heterocycles. The Labute approximate surface area is 228 Å². The van der Waals surface area contributed by atoms with Gasteiger partial charge >= 0.3 is 0 Å². The Morgan fingerprint density at radius 1 is 1.00 bits per heavy atom. The number of hydrogen-bond acceptors (Lipinski definition) is 5. The zero-order chi connectivity index (χ0) is 27.6.